The number of pyridine rings is 1. The molecule has 1 aliphatic rings. The Labute approximate surface area is 193 Å². The van der Waals surface area contributed by atoms with Gasteiger partial charge in [0.15, 0.2) is 23.3 Å². The molecule has 4 aromatic rings. The Morgan fingerprint density at radius 3 is 2.53 bits per heavy atom. The first-order chi connectivity index (χ1) is 16.4. The third-order valence-corrected chi connectivity index (χ3v) is 5.39. The molecular formula is C23H20F3N7O. The number of aromatic nitrogens is 6. The Hall–Kier alpha value is -4.15. The van der Waals surface area contributed by atoms with E-state index in [1.54, 1.807) is 35.2 Å². The van der Waals surface area contributed by atoms with Crippen molar-refractivity contribution in [3.05, 3.63) is 71.5 Å². The first-order valence-corrected chi connectivity index (χ1v) is 10.5. The Balaban J connectivity index is 1.42. The number of fused-ring (bicyclic) bond motifs is 1. The third kappa shape index (κ3) is 4.00. The topological polar surface area (TPSA) is 73.9 Å². The molecule has 0 fully saturated rings. The summed E-state index contributed by atoms with van der Waals surface area (Å²) in [6, 6.07) is 5.61. The van der Waals surface area contributed by atoms with Crippen molar-refractivity contribution in [3.8, 4) is 11.6 Å². The lowest BCUT2D eigenvalue weighted by atomic mass is 10.2. The molecule has 0 radical (unpaired) electrons. The molecule has 8 nitrogen and oxygen atoms in total. The molecule has 174 valence electrons. The number of hydrogen-bond acceptors (Lipinski definition) is 6. The SMILES string of the molecule is COc1nc(/C=C/c2nc3n(n2)CCCN3c2cc(F)c(F)c(F)c2)ccc1-n1cnc(C)c1. The van der Waals surface area contributed by atoms with Gasteiger partial charge in [-0.3, -0.25) is 0 Å². The average molecular weight is 467 g/mol. The molecule has 0 aliphatic carbocycles. The Bertz CT molecular complexity index is 1370. The molecule has 1 aromatic carbocycles. The fourth-order valence-electron chi connectivity index (χ4n) is 3.79. The second kappa shape index (κ2) is 8.65. The zero-order valence-electron chi connectivity index (χ0n) is 18.4. The summed E-state index contributed by atoms with van der Waals surface area (Å²) >= 11 is 0. The van der Waals surface area contributed by atoms with Crippen LogP contribution in [0, 0.1) is 24.4 Å². The van der Waals surface area contributed by atoms with Crippen LogP contribution in [0.2, 0.25) is 0 Å². The summed E-state index contributed by atoms with van der Waals surface area (Å²) in [6.07, 6.45) is 7.69. The predicted octanol–water partition coefficient (Wildman–Crippen LogP) is 4.31. The van der Waals surface area contributed by atoms with Gasteiger partial charge < -0.3 is 14.2 Å². The molecule has 0 saturated carbocycles. The number of anilines is 2. The van der Waals surface area contributed by atoms with Crippen molar-refractivity contribution in [1.82, 2.24) is 29.3 Å². The van der Waals surface area contributed by atoms with Gasteiger partial charge in [0, 0.05) is 37.1 Å². The maximum Gasteiger partial charge on any atom is 0.238 e. The molecule has 11 heteroatoms. The predicted molar refractivity (Wildman–Crippen MR) is 120 cm³/mol. The van der Waals surface area contributed by atoms with E-state index in [-0.39, 0.29) is 5.69 Å². The number of hydrogen-bond donors (Lipinski definition) is 0. The molecule has 0 saturated heterocycles. The number of ether oxygens (including phenoxy) is 1. The minimum atomic E-state index is -1.50. The number of benzene rings is 1. The van der Waals surface area contributed by atoms with Crippen molar-refractivity contribution in [3.63, 3.8) is 0 Å². The van der Waals surface area contributed by atoms with Gasteiger partial charge in [-0.25, -0.2) is 27.8 Å². The van der Waals surface area contributed by atoms with Crippen LogP contribution < -0.4 is 9.64 Å². The van der Waals surface area contributed by atoms with Crippen LogP contribution in [0.15, 0.2) is 36.8 Å². The molecular weight excluding hydrogens is 447 g/mol. The highest BCUT2D eigenvalue weighted by Gasteiger charge is 2.24. The van der Waals surface area contributed by atoms with Gasteiger partial charge in [-0.2, -0.15) is 4.98 Å². The van der Waals surface area contributed by atoms with Crippen LogP contribution in [-0.4, -0.2) is 43.0 Å². The smallest absolute Gasteiger partial charge is 0.238 e. The van der Waals surface area contributed by atoms with Gasteiger partial charge in [0.2, 0.25) is 11.8 Å². The fraction of sp³-hybridized carbons (Fsp3) is 0.217. The maximum absolute atomic E-state index is 13.8. The molecule has 3 aromatic heterocycles. The normalized spacial score (nSPS) is 13.5. The molecule has 0 unspecified atom stereocenters. The van der Waals surface area contributed by atoms with Gasteiger partial charge in [-0.1, -0.05) is 0 Å². The van der Waals surface area contributed by atoms with E-state index < -0.39 is 17.5 Å². The highest BCUT2D eigenvalue weighted by atomic mass is 19.2. The number of aryl methyl sites for hydroxylation is 2. The highest BCUT2D eigenvalue weighted by molar-refractivity contribution is 5.67. The first-order valence-electron chi connectivity index (χ1n) is 10.5. The van der Waals surface area contributed by atoms with Gasteiger partial charge in [-0.15, -0.1) is 5.10 Å². The van der Waals surface area contributed by atoms with Crippen molar-refractivity contribution in [2.45, 2.75) is 19.9 Å². The second-order valence-corrected chi connectivity index (χ2v) is 7.74. The third-order valence-electron chi connectivity index (χ3n) is 5.39. The lowest BCUT2D eigenvalue weighted by Gasteiger charge is -2.27. The summed E-state index contributed by atoms with van der Waals surface area (Å²) in [5.41, 5.74) is 2.44. The molecule has 0 spiro atoms. The molecule has 0 amide bonds. The van der Waals surface area contributed by atoms with E-state index in [1.807, 2.05) is 29.8 Å². The van der Waals surface area contributed by atoms with Crippen molar-refractivity contribution >= 4 is 23.8 Å². The van der Waals surface area contributed by atoms with E-state index in [1.165, 1.54) is 0 Å². The molecule has 5 rings (SSSR count). The standard InChI is InChI=1S/C23H20F3N7O/c1-14-12-31(13-27-14)19-6-4-15(28-22(19)34-2)5-7-20-29-23-32(8-3-9-33(23)30-20)16-10-17(24)21(26)18(25)11-16/h4-7,10-13H,3,8-9H2,1-2H3/b7-5+. The van der Waals surface area contributed by atoms with Crippen molar-refractivity contribution < 1.29 is 17.9 Å². The Kier molecular flexibility index (Phi) is 5.52. The van der Waals surface area contributed by atoms with Crippen LogP contribution >= 0.6 is 0 Å². The fourth-order valence-corrected chi connectivity index (χ4v) is 3.79. The van der Waals surface area contributed by atoms with Gasteiger partial charge in [0.25, 0.3) is 0 Å². The van der Waals surface area contributed by atoms with E-state index in [0.29, 0.717) is 42.9 Å². The Morgan fingerprint density at radius 1 is 1.03 bits per heavy atom. The second-order valence-electron chi connectivity index (χ2n) is 7.74. The summed E-state index contributed by atoms with van der Waals surface area (Å²) in [4.78, 5) is 14.8. The number of methoxy groups -OCH3 is 1. The van der Waals surface area contributed by atoms with Crippen LogP contribution in [0.1, 0.15) is 23.6 Å². The number of rotatable bonds is 5. The highest BCUT2D eigenvalue weighted by Crippen LogP contribution is 2.30. The number of nitrogens with zero attached hydrogens (tertiary/aromatic N) is 7. The molecule has 4 heterocycles. The van der Waals surface area contributed by atoms with Crippen LogP contribution in [0.5, 0.6) is 5.88 Å². The average Bonchev–Trinajstić information content (AvgIpc) is 3.46. The number of halogens is 3. The summed E-state index contributed by atoms with van der Waals surface area (Å²) < 4.78 is 49.8. The maximum atomic E-state index is 13.8. The summed E-state index contributed by atoms with van der Waals surface area (Å²) in [7, 11) is 1.55. The van der Waals surface area contributed by atoms with Crippen molar-refractivity contribution in [2.24, 2.45) is 0 Å². The van der Waals surface area contributed by atoms with Crippen LogP contribution in [0.3, 0.4) is 0 Å². The Morgan fingerprint density at radius 2 is 1.82 bits per heavy atom. The van der Waals surface area contributed by atoms with Crippen molar-refractivity contribution in [2.75, 3.05) is 18.6 Å². The molecule has 0 bridgehead atoms. The summed E-state index contributed by atoms with van der Waals surface area (Å²) in [5.74, 6) is -2.74. The van der Waals surface area contributed by atoms with E-state index >= 15 is 0 Å². The zero-order valence-corrected chi connectivity index (χ0v) is 18.4. The lowest BCUT2D eigenvalue weighted by Crippen LogP contribution is -2.29. The van der Waals surface area contributed by atoms with Crippen LogP contribution in [0.4, 0.5) is 24.8 Å². The minimum Gasteiger partial charge on any atom is -0.479 e. The largest absolute Gasteiger partial charge is 0.479 e. The van der Waals surface area contributed by atoms with Gasteiger partial charge >= 0.3 is 0 Å². The summed E-state index contributed by atoms with van der Waals surface area (Å²) in [6.45, 7) is 2.97. The zero-order chi connectivity index (χ0) is 23.8. The van der Waals surface area contributed by atoms with E-state index in [0.717, 1.165) is 23.5 Å². The first kappa shape index (κ1) is 21.7. The van der Waals surface area contributed by atoms with E-state index in [9.17, 15) is 13.2 Å². The van der Waals surface area contributed by atoms with Crippen LogP contribution in [0.25, 0.3) is 17.8 Å². The molecule has 34 heavy (non-hydrogen) atoms. The van der Waals surface area contributed by atoms with E-state index in [2.05, 4.69) is 20.1 Å². The van der Waals surface area contributed by atoms with Gasteiger partial charge in [-0.05, 0) is 37.6 Å². The quantitative estimate of drug-likeness (QED) is 0.408. The molecule has 1 aliphatic heterocycles. The monoisotopic (exact) mass is 467 g/mol. The number of imidazole rings is 1. The molecule has 0 atom stereocenters. The van der Waals surface area contributed by atoms with Crippen molar-refractivity contribution in [1.29, 1.82) is 0 Å². The lowest BCUT2D eigenvalue weighted by molar-refractivity contribution is 0.395. The van der Waals surface area contributed by atoms with Crippen LogP contribution in [-0.2, 0) is 6.54 Å². The van der Waals surface area contributed by atoms with E-state index in [4.69, 9.17) is 4.74 Å². The van der Waals surface area contributed by atoms with Gasteiger partial charge in [0.05, 0.1) is 24.8 Å². The van der Waals surface area contributed by atoms with Gasteiger partial charge in [0.1, 0.15) is 5.69 Å². The minimum absolute atomic E-state index is 0.178. The summed E-state index contributed by atoms with van der Waals surface area (Å²) in [5, 5.41) is 4.46. The molecule has 0 N–H and O–H groups in total.